The fraction of sp³-hybridized carbons (Fsp3) is 0.909. The van der Waals surface area contributed by atoms with E-state index in [0.717, 1.165) is 12.5 Å². The van der Waals surface area contributed by atoms with Crippen LogP contribution in [0.1, 0.15) is 38.5 Å². The van der Waals surface area contributed by atoms with Gasteiger partial charge >= 0.3 is 0 Å². The first-order chi connectivity index (χ1) is 6.74. The van der Waals surface area contributed by atoms with Gasteiger partial charge in [0, 0.05) is 26.6 Å². The highest BCUT2D eigenvalue weighted by atomic mass is 16.2. The van der Waals surface area contributed by atoms with Gasteiger partial charge in [-0.25, -0.2) is 0 Å². The molecule has 1 aliphatic rings. The predicted octanol–water partition coefficient (Wildman–Crippen LogP) is 1.37. The molecule has 2 N–H and O–H groups in total. The van der Waals surface area contributed by atoms with E-state index in [-0.39, 0.29) is 5.91 Å². The molecule has 1 saturated carbocycles. The topological polar surface area (TPSA) is 46.3 Å². The van der Waals surface area contributed by atoms with Crippen LogP contribution in [0.5, 0.6) is 0 Å². The molecule has 82 valence electrons. The number of nitrogens with zero attached hydrogens (tertiary/aromatic N) is 1. The lowest BCUT2D eigenvalue weighted by molar-refractivity contribution is -0.130. The van der Waals surface area contributed by atoms with E-state index >= 15 is 0 Å². The summed E-state index contributed by atoms with van der Waals surface area (Å²) in [6.07, 6.45) is 7.12. The van der Waals surface area contributed by atoms with Crippen molar-refractivity contribution in [1.29, 1.82) is 0 Å². The van der Waals surface area contributed by atoms with Gasteiger partial charge in [0.15, 0.2) is 0 Å². The van der Waals surface area contributed by atoms with Gasteiger partial charge in [0.1, 0.15) is 0 Å². The van der Waals surface area contributed by atoms with Crippen molar-refractivity contribution >= 4 is 5.91 Å². The molecule has 0 aromatic carbocycles. The molecule has 0 radical (unpaired) electrons. The van der Waals surface area contributed by atoms with Crippen molar-refractivity contribution < 1.29 is 4.79 Å². The third-order valence-corrected chi connectivity index (χ3v) is 3.04. The van der Waals surface area contributed by atoms with E-state index in [1.807, 2.05) is 11.9 Å². The summed E-state index contributed by atoms with van der Waals surface area (Å²) < 4.78 is 0. The summed E-state index contributed by atoms with van der Waals surface area (Å²) in [5.74, 6) is 0.925. The van der Waals surface area contributed by atoms with Gasteiger partial charge in [0.25, 0.3) is 0 Å². The number of amides is 1. The van der Waals surface area contributed by atoms with Gasteiger partial charge in [-0.1, -0.05) is 19.3 Å². The Hall–Kier alpha value is -0.570. The largest absolute Gasteiger partial charge is 0.345 e. The van der Waals surface area contributed by atoms with Crippen molar-refractivity contribution in [3.63, 3.8) is 0 Å². The lowest BCUT2D eigenvalue weighted by Crippen LogP contribution is -2.33. The molecular weight excluding hydrogens is 176 g/mol. The third-order valence-electron chi connectivity index (χ3n) is 3.04. The van der Waals surface area contributed by atoms with Gasteiger partial charge in [0.05, 0.1) is 0 Å². The monoisotopic (exact) mass is 198 g/mol. The van der Waals surface area contributed by atoms with Gasteiger partial charge in [-0.05, 0) is 18.8 Å². The second kappa shape index (κ2) is 6.02. The van der Waals surface area contributed by atoms with E-state index in [2.05, 4.69) is 0 Å². The molecule has 0 aromatic heterocycles. The van der Waals surface area contributed by atoms with Crippen LogP contribution in [-0.4, -0.2) is 30.9 Å². The Morgan fingerprint density at radius 1 is 1.36 bits per heavy atom. The fourth-order valence-corrected chi connectivity index (χ4v) is 2.17. The zero-order chi connectivity index (χ0) is 10.4. The van der Waals surface area contributed by atoms with E-state index in [1.165, 1.54) is 32.1 Å². The molecule has 0 spiro atoms. The number of rotatable bonds is 4. The highest BCUT2D eigenvalue weighted by molar-refractivity contribution is 5.76. The Kier molecular flexibility index (Phi) is 4.94. The standard InChI is InChI=1S/C11H22N2O/c1-13(11(14)7-8-12)9-10-5-3-2-4-6-10/h10H,2-9,12H2,1H3. The van der Waals surface area contributed by atoms with Gasteiger partial charge in [-0.3, -0.25) is 4.79 Å². The highest BCUT2D eigenvalue weighted by Gasteiger charge is 2.17. The van der Waals surface area contributed by atoms with E-state index < -0.39 is 0 Å². The summed E-state index contributed by atoms with van der Waals surface area (Å²) in [6, 6.07) is 0. The lowest BCUT2D eigenvalue weighted by atomic mass is 9.89. The van der Waals surface area contributed by atoms with Crippen LogP contribution in [0.25, 0.3) is 0 Å². The van der Waals surface area contributed by atoms with Crippen molar-refractivity contribution in [2.75, 3.05) is 20.1 Å². The van der Waals surface area contributed by atoms with E-state index in [0.29, 0.717) is 13.0 Å². The minimum atomic E-state index is 0.193. The summed E-state index contributed by atoms with van der Waals surface area (Å²) in [7, 11) is 1.90. The maximum atomic E-state index is 11.5. The maximum Gasteiger partial charge on any atom is 0.223 e. The second-order valence-corrected chi connectivity index (χ2v) is 4.32. The average molecular weight is 198 g/mol. The first kappa shape index (κ1) is 11.5. The molecule has 1 fully saturated rings. The Labute approximate surface area is 86.6 Å². The normalized spacial score (nSPS) is 18.1. The molecule has 0 heterocycles. The minimum Gasteiger partial charge on any atom is -0.345 e. The van der Waals surface area contributed by atoms with Crippen LogP contribution >= 0.6 is 0 Å². The average Bonchev–Trinajstić information content (AvgIpc) is 2.19. The van der Waals surface area contributed by atoms with Gasteiger partial charge in [-0.15, -0.1) is 0 Å². The molecule has 14 heavy (non-hydrogen) atoms. The number of carbonyl (C=O) groups is 1. The fourth-order valence-electron chi connectivity index (χ4n) is 2.17. The van der Waals surface area contributed by atoms with E-state index in [9.17, 15) is 4.79 Å². The molecule has 0 aromatic rings. The summed E-state index contributed by atoms with van der Waals surface area (Å²) >= 11 is 0. The van der Waals surface area contributed by atoms with Crippen LogP contribution in [0.2, 0.25) is 0 Å². The Morgan fingerprint density at radius 3 is 2.57 bits per heavy atom. The smallest absolute Gasteiger partial charge is 0.223 e. The molecule has 0 aliphatic heterocycles. The van der Waals surface area contributed by atoms with Crippen molar-refractivity contribution in [2.45, 2.75) is 38.5 Å². The number of hydrogen-bond acceptors (Lipinski definition) is 2. The van der Waals surface area contributed by atoms with Gasteiger partial charge < -0.3 is 10.6 Å². The molecule has 0 atom stereocenters. The first-order valence-electron chi connectivity index (χ1n) is 5.68. The maximum absolute atomic E-state index is 11.5. The summed E-state index contributed by atoms with van der Waals surface area (Å²) in [5, 5.41) is 0. The molecule has 1 rings (SSSR count). The zero-order valence-corrected chi connectivity index (χ0v) is 9.17. The summed E-state index contributed by atoms with van der Waals surface area (Å²) in [5.41, 5.74) is 5.35. The SMILES string of the molecule is CN(CC1CCCCC1)C(=O)CCN. The van der Waals surface area contributed by atoms with Crippen LogP contribution in [-0.2, 0) is 4.79 Å². The van der Waals surface area contributed by atoms with Crippen LogP contribution in [0.15, 0.2) is 0 Å². The van der Waals surface area contributed by atoms with Crippen molar-refractivity contribution in [3.8, 4) is 0 Å². The van der Waals surface area contributed by atoms with Crippen molar-refractivity contribution in [1.82, 2.24) is 4.90 Å². The molecule has 1 aliphatic carbocycles. The highest BCUT2D eigenvalue weighted by Crippen LogP contribution is 2.24. The van der Waals surface area contributed by atoms with Crippen LogP contribution in [0.4, 0.5) is 0 Å². The molecule has 0 unspecified atom stereocenters. The summed E-state index contributed by atoms with van der Waals surface area (Å²) in [6.45, 7) is 1.40. The number of nitrogens with two attached hydrogens (primary N) is 1. The van der Waals surface area contributed by atoms with E-state index in [1.54, 1.807) is 0 Å². The quantitative estimate of drug-likeness (QED) is 0.741. The Morgan fingerprint density at radius 2 is 2.00 bits per heavy atom. The molecule has 3 heteroatoms. The molecule has 0 bridgehead atoms. The van der Waals surface area contributed by atoms with Gasteiger partial charge in [-0.2, -0.15) is 0 Å². The molecule has 1 amide bonds. The second-order valence-electron chi connectivity index (χ2n) is 4.32. The molecule has 0 saturated heterocycles. The molecular formula is C11H22N2O. The Balaban J connectivity index is 2.24. The van der Waals surface area contributed by atoms with Crippen LogP contribution in [0, 0.1) is 5.92 Å². The summed E-state index contributed by atoms with van der Waals surface area (Å²) in [4.78, 5) is 13.3. The number of hydrogen-bond donors (Lipinski definition) is 1. The zero-order valence-electron chi connectivity index (χ0n) is 9.17. The third kappa shape index (κ3) is 3.66. The predicted molar refractivity (Wildman–Crippen MR) is 57.9 cm³/mol. The van der Waals surface area contributed by atoms with Crippen LogP contribution in [0.3, 0.4) is 0 Å². The van der Waals surface area contributed by atoms with Crippen molar-refractivity contribution in [3.05, 3.63) is 0 Å². The molecule has 3 nitrogen and oxygen atoms in total. The van der Waals surface area contributed by atoms with Gasteiger partial charge in [0.2, 0.25) is 5.91 Å². The van der Waals surface area contributed by atoms with Crippen molar-refractivity contribution in [2.24, 2.45) is 11.7 Å². The van der Waals surface area contributed by atoms with Crippen LogP contribution < -0.4 is 5.73 Å². The van der Waals surface area contributed by atoms with E-state index in [4.69, 9.17) is 5.73 Å². The minimum absolute atomic E-state index is 0.193. The number of carbonyl (C=O) groups excluding carboxylic acids is 1. The Bertz CT molecular complexity index is 176. The first-order valence-corrected chi connectivity index (χ1v) is 5.68. The lowest BCUT2D eigenvalue weighted by Gasteiger charge is -2.27.